The highest BCUT2D eigenvalue weighted by Gasteiger charge is 2.95. The molecule has 0 radical (unpaired) electrons. The lowest BCUT2D eigenvalue weighted by Crippen LogP contribution is -2.90. The molecule has 0 amide bonds. The minimum absolute atomic E-state index is 0.00522. The van der Waals surface area contributed by atoms with Crippen molar-refractivity contribution in [2.75, 3.05) is 20.4 Å². The smallest absolute Gasteiger partial charge is 0.310 e. The number of esters is 3. The van der Waals surface area contributed by atoms with Gasteiger partial charge in [0, 0.05) is 25.2 Å². The molecule has 24 heteroatoms. The van der Waals surface area contributed by atoms with Gasteiger partial charge in [0.05, 0.1) is 93.4 Å². The zero-order chi connectivity index (χ0) is 99.5. The zero-order valence-corrected chi connectivity index (χ0v) is 87.1. The van der Waals surface area contributed by atoms with E-state index >= 15 is 29.7 Å². The number of carboxylic acids is 3. The van der Waals surface area contributed by atoms with Crippen LogP contribution >= 0.6 is 0 Å². The molecule has 794 valence electrons. The Morgan fingerprint density at radius 1 is 0.331 bits per heavy atom. The number of aliphatic carboxylic acids is 3. The van der Waals surface area contributed by atoms with Crippen molar-refractivity contribution in [2.45, 2.75) is 429 Å². The van der Waals surface area contributed by atoms with E-state index in [1.165, 1.54) is 96.3 Å². The Kier molecular flexibility index (Phi) is 24.7. The molecule has 0 spiro atoms. The SMILES string of the molecule is C[C@H](CCC(=O)OCOC1C2CC3CC(C2)CC1C3)[C@H]1CCC2C3C(C[C@H](O)[C@@]21C)[C@@]1(C)CC[C@@](O)(C2C4(C(=O)O)CC5CC(C(=O)O)(C4)C([C@]4(O)CC[C@]6(C)C7C[C@H](O)[C@@]8(C)C(CC[C@@H]8[C@H](C)CCC(=O)OCOC8C9CC%10CC(C9)CC8C%10)C7[C@H](O)C[C@@H]6C4)([C@]4(O)CC[C@]6(C)C7C[C@H](O)[C@@]8(C)C(CC[C@@H]8[C@H](C)CCC(=O)OCOC8C9CC%10CC(C9)CC8C%10)C7[C@H](O)C[C@@H]6C4)C2(C(=O)O)C5)C[C@H]1C[C@H]3O. The molecule has 0 saturated heterocycles. The van der Waals surface area contributed by atoms with Crippen LogP contribution in [-0.4, -0.2) is 189 Å². The van der Waals surface area contributed by atoms with Gasteiger partial charge in [0.2, 0.25) is 0 Å². The molecule has 28 aliphatic rings. The molecule has 0 aliphatic heterocycles. The maximum atomic E-state index is 17.1. The summed E-state index contributed by atoms with van der Waals surface area (Å²) in [6, 6.07) is 0. The van der Waals surface area contributed by atoms with Crippen LogP contribution in [0.4, 0.5) is 0 Å². The van der Waals surface area contributed by atoms with E-state index in [9.17, 15) is 60.3 Å². The van der Waals surface area contributed by atoms with Gasteiger partial charge in [-0.05, 0) is 492 Å². The molecule has 0 aromatic heterocycles. The molecule has 14 unspecified atom stereocenters. The van der Waals surface area contributed by atoms with Crippen LogP contribution in [0.3, 0.4) is 0 Å². The molecule has 28 rings (SSSR count). The summed E-state index contributed by atoms with van der Waals surface area (Å²) in [6.45, 7) is 19.5. The summed E-state index contributed by atoms with van der Waals surface area (Å²) in [5.41, 5.74) is -21.7. The van der Waals surface area contributed by atoms with Crippen LogP contribution in [0.25, 0.3) is 0 Å². The Morgan fingerprint density at radius 2 is 0.648 bits per heavy atom. The number of ether oxygens (including phenoxy) is 6. The highest BCUT2D eigenvalue weighted by atomic mass is 16.7. The van der Waals surface area contributed by atoms with E-state index in [-0.39, 0.29) is 261 Å². The lowest BCUT2D eigenvalue weighted by molar-refractivity contribution is -0.414. The summed E-state index contributed by atoms with van der Waals surface area (Å²) in [6.07, 6.45) is 19.2. The van der Waals surface area contributed by atoms with Crippen LogP contribution in [0.15, 0.2) is 0 Å². The molecule has 16 bridgehead atoms. The van der Waals surface area contributed by atoms with Gasteiger partial charge in [-0.3, -0.25) is 28.8 Å². The minimum Gasteiger partial charge on any atom is -0.481 e. The predicted molar refractivity (Wildman–Crippen MR) is 521 cm³/mol. The number of aliphatic hydroxyl groups excluding tert-OH is 6. The van der Waals surface area contributed by atoms with Crippen LogP contribution in [0, 0.1) is 244 Å². The van der Waals surface area contributed by atoms with E-state index in [1.807, 2.05) is 0 Å². The highest BCUT2D eigenvalue weighted by Crippen LogP contribution is 2.90. The lowest BCUT2D eigenvalue weighted by atomic mass is 9.19. The number of aliphatic hydroxyl groups is 9. The van der Waals surface area contributed by atoms with Gasteiger partial charge in [0.1, 0.15) is 0 Å². The van der Waals surface area contributed by atoms with Gasteiger partial charge >= 0.3 is 35.8 Å². The number of rotatable bonds is 27. The Bertz CT molecular complexity index is 4600. The molecule has 0 aromatic carbocycles. The molecule has 0 aromatic rings. The van der Waals surface area contributed by atoms with Crippen LogP contribution in [0.1, 0.15) is 358 Å². The van der Waals surface area contributed by atoms with Gasteiger partial charge in [-0.15, -0.1) is 0 Å². The van der Waals surface area contributed by atoms with E-state index in [4.69, 9.17) is 28.4 Å². The second-order valence-corrected chi connectivity index (χ2v) is 58.2. The van der Waals surface area contributed by atoms with Crippen molar-refractivity contribution in [1.29, 1.82) is 0 Å². The number of carbonyl (C=O) groups is 6. The molecule has 38 atom stereocenters. The monoisotopic (exact) mass is 1980 g/mol. The first kappa shape index (κ1) is 100. The van der Waals surface area contributed by atoms with Crippen molar-refractivity contribution in [1.82, 2.24) is 0 Å². The fourth-order valence-electron chi connectivity index (χ4n) is 48.6. The van der Waals surface area contributed by atoms with Crippen molar-refractivity contribution in [3.8, 4) is 0 Å². The Labute approximate surface area is 842 Å². The van der Waals surface area contributed by atoms with Crippen molar-refractivity contribution < 1.29 is 118 Å². The molecule has 24 nitrogen and oxygen atoms in total. The minimum atomic E-state index is -2.73. The summed E-state index contributed by atoms with van der Waals surface area (Å²) in [5.74, 6) is -4.37. The van der Waals surface area contributed by atoms with Gasteiger partial charge < -0.3 is 89.7 Å². The number of fused-ring (bicyclic) bond motifs is 15. The van der Waals surface area contributed by atoms with Crippen molar-refractivity contribution in [3.63, 3.8) is 0 Å². The molecule has 0 heterocycles. The fraction of sp³-hybridized carbons (Fsp3) is 0.949. The van der Waals surface area contributed by atoms with E-state index in [2.05, 4.69) is 62.3 Å². The normalized spacial score (nSPS) is 56.8. The van der Waals surface area contributed by atoms with E-state index in [0.29, 0.717) is 74.0 Å². The molecule has 12 N–H and O–H groups in total. The maximum Gasteiger partial charge on any atom is 0.310 e. The maximum absolute atomic E-state index is 17.1. The third-order valence-electron chi connectivity index (χ3n) is 53.2. The van der Waals surface area contributed by atoms with Crippen LogP contribution in [0.5, 0.6) is 0 Å². The van der Waals surface area contributed by atoms with Gasteiger partial charge in [-0.2, -0.15) is 0 Å². The zero-order valence-electron chi connectivity index (χ0n) is 87.1. The lowest BCUT2D eigenvalue weighted by Gasteiger charge is -2.83. The molecular weight excluding hydrogens is 1800 g/mol. The van der Waals surface area contributed by atoms with Gasteiger partial charge in [0.25, 0.3) is 0 Å². The number of carboxylic acid groups (broad SMARTS) is 3. The van der Waals surface area contributed by atoms with Gasteiger partial charge in [-0.25, -0.2) is 0 Å². The van der Waals surface area contributed by atoms with Crippen molar-refractivity contribution in [3.05, 3.63) is 0 Å². The van der Waals surface area contributed by atoms with E-state index < -0.39 is 161 Å². The Morgan fingerprint density at radius 3 is 0.958 bits per heavy atom. The average molecular weight is 1980 g/mol. The first-order valence-electron chi connectivity index (χ1n) is 58.6. The van der Waals surface area contributed by atoms with E-state index in [1.54, 1.807) is 0 Å². The molecule has 28 saturated carbocycles. The Balaban J connectivity index is 0.524. The summed E-state index contributed by atoms with van der Waals surface area (Å²) >= 11 is 0. The molecular formula is C118H178O24. The second kappa shape index (κ2) is 34.9. The quantitative estimate of drug-likeness (QED) is 0.0206. The molecule has 28 aliphatic carbocycles. The predicted octanol–water partition coefficient (Wildman–Crippen LogP) is 17.3. The molecule has 28 fully saturated rings. The summed E-state index contributed by atoms with van der Waals surface area (Å²) in [7, 11) is 0. The van der Waals surface area contributed by atoms with E-state index in [0.717, 1.165) is 74.0 Å². The number of hydrogen-bond donors (Lipinski definition) is 12. The van der Waals surface area contributed by atoms with Crippen LogP contribution in [-0.2, 0) is 57.2 Å². The Hall–Kier alpha value is -3.66. The van der Waals surface area contributed by atoms with Gasteiger partial charge in [0.15, 0.2) is 20.4 Å². The van der Waals surface area contributed by atoms with Crippen molar-refractivity contribution in [2.24, 2.45) is 244 Å². The van der Waals surface area contributed by atoms with Gasteiger partial charge in [-0.1, -0.05) is 62.3 Å². The van der Waals surface area contributed by atoms with Crippen LogP contribution in [0.2, 0.25) is 0 Å². The topological polar surface area (TPSA) is 401 Å². The highest BCUT2D eigenvalue weighted by molar-refractivity contribution is 5.90. The largest absolute Gasteiger partial charge is 0.481 e. The van der Waals surface area contributed by atoms with Crippen LogP contribution < -0.4 is 0 Å². The molecule has 142 heavy (non-hydrogen) atoms. The summed E-state index contributed by atoms with van der Waals surface area (Å²) in [4.78, 5) is 90.4. The third kappa shape index (κ3) is 14.2. The second-order valence-electron chi connectivity index (χ2n) is 58.2. The summed E-state index contributed by atoms with van der Waals surface area (Å²) in [5, 5.41) is 168. The fourth-order valence-corrected chi connectivity index (χ4v) is 48.6. The summed E-state index contributed by atoms with van der Waals surface area (Å²) < 4.78 is 36.7. The number of hydrogen-bond acceptors (Lipinski definition) is 21. The third-order valence-corrected chi connectivity index (χ3v) is 53.2. The standard InChI is InChI=1S/C118H178O24/c1-59(10-19-93(125)137-56-140-99-69-31-62-28-63(33-69)34-70(99)32-62)78-13-16-81-96-84(46-90(122)109(78,81)7)106(4)22-25-114(134,52-75(106)43-87(96)119)102-112(103(128)129)49-68-50-113(55-112,104(130)131)118(117(102,51-68)105(132)133,115(135)26-23-107(5)76(53-115)44-88(120)97-82-17-14-79(110(82,8)91(123)47-85(97)107)60(2)11-20-94(126)138-57-141-100-71-35-64-29-65(37-71)38-72(100)36-64)116(136)27-24-108(6)77(54-116)45-89(121)98-83-18-15-80(111(83,9)92(124)48-86(98)108)61(3)12-21-95(127)139-58-142-101-73-39-66-30-67(41-73)42-74(101)40-66/h59-92,96-102,119-124,134-136H,10-58H2,1-9H3,(H,128,129)(H,130,131)(H,132,133)/t59-,60-,61-,62?,63?,64?,65?,66?,67?,68?,69?,70?,71?,72?,73?,74?,75-,76-,77-,78-,79-,80-,81?,82?,83?,84?,85?,86?,87-,88-,89-,90+,91+,92+,96?,97?,98?,99?,100?,101?,102?,106+,107+,108+,109-,110-,111-,112?,113?,114+,115+,116+,117?,118?/m1/s1. The first-order valence-corrected chi connectivity index (χ1v) is 58.6. The average Bonchev–Trinajstić information content (AvgIpc) is 0.713. The number of carbonyl (C=O) groups excluding carboxylic acids is 3. The first-order chi connectivity index (χ1) is 67.3. The van der Waals surface area contributed by atoms with Crippen molar-refractivity contribution >= 4 is 35.8 Å².